The standard InChI is InChI=1S/C23H42O4/c1-5-6-7-8-9-10-11-12-13-18-26-21(24)23(3,4)22(25)27-20-16-14-19(2)15-17-20/h19-20H,5-18H2,1-4H3. The van der Waals surface area contributed by atoms with Crippen molar-refractivity contribution in [2.24, 2.45) is 11.3 Å². The Morgan fingerprint density at radius 2 is 1.33 bits per heavy atom. The molecule has 158 valence electrons. The summed E-state index contributed by atoms with van der Waals surface area (Å²) in [6.07, 6.45) is 14.9. The highest BCUT2D eigenvalue weighted by Crippen LogP contribution is 2.28. The van der Waals surface area contributed by atoms with E-state index in [0.717, 1.165) is 38.5 Å². The summed E-state index contributed by atoms with van der Waals surface area (Å²) >= 11 is 0. The smallest absolute Gasteiger partial charge is 0.323 e. The number of esters is 2. The molecule has 0 heterocycles. The molecule has 1 fully saturated rings. The zero-order chi connectivity index (χ0) is 20.1. The van der Waals surface area contributed by atoms with Gasteiger partial charge in [-0.15, -0.1) is 0 Å². The molecule has 0 atom stereocenters. The molecule has 0 aliphatic heterocycles. The van der Waals surface area contributed by atoms with Crippen LogP contribution < -0.4 is 0 Å². The number of unbranched alkanes of at least 4 members (excludes halogenated alkanes) is 8. The monoisotopic (exact) mass is 382 g/mol. The van der Waals surface area contributed by atoms with Gasteiger partial charge >= 0.3 is 11.9 Å². The first kappa shape index (κ1) is 24.0. The lowest BCUT2D eigenvalue weighted by atomic mass is 9.88. The Morgan fingerprint density at radius 3 is 1.89 bits per heavy atom. The van der Waals surface area contributed by atoms with Crippen molar-refractivity contribution in [2.75, 3.05) is 6.61 Å². The third-order valence-electron chi connectivity index (χ3n) is 5.74. The van der Waals surface area contributed by atoms with Crippen LogP contribution in [0.1, 0.15) is 111 Å². The maximum atomic E-state index is 12.4. The van der Waals surface area contributed by atoms with Crippen LogP contribution >= 0.6 is 0 Å². The predicted octanol–water partition coefficient (Wildman–Crippen LogP) is 6.21. The highest BCUT2D eigenvalue weighted by atomic mass is 16.6. The Bertz CT molecular complexity index is 422. The molecule has 1 aliphatic carbocycles. The van der Waals surface area contributed by atoms with E-state index in [1.54, 1.807) is 13.8 Å². The summed E-state index contributed by atoms with van der Waals surface area (Å²) in [6, 6.07) is 0. The van der Waals surface area contributed by atoms with Crippen LogP contribution in [0.5, 0.6) is 0 Å². The van der Waals surface area contributed by atoms with Crippen molar-refractivity contribution in [3.05, 3.63) is 0 Å². The molecule has 0 spiro atoms. The fourth-order valence-electron chi connectivity index (χ4n) is 3.49. The summed E-state index contributed by atoms with van der Waals surface area (Å²) in [6.45, 7) is 8.08. The van der Waals surface area contributed by atoms with Crippen molar-refractivity contribution in [1.82, 2.24) is 0 Å². The Hall–Kier alpha value is -1.06. The van der Waals surface area contributed by atoms with Gasteiger partial charge in [0.2, 0.25) is 0 Å². The van der Waals surface area contributed by atoms with E-state index in [2.05, 4.69) is 13.8 Å². The lowest BCUT2D eigenvalue weighted by Crippen LogP contribution is -2.39. The van der Waals surface area contributed by atoms with Gasteiger partial charge in [0.25, 0.3) is 0 Å². The maximum absolute atomic E-state index is 12.4. The van der Waals surface area contributed by atoms with Crippen LogP contribution in [0.4, 0.5) is 0 Å². The summed E-state index contributed by atoms with van der Waals surface area (Å²) in [5.74, 6) is -0.204. The van der Waals surface area contributed by atoms with Crippen molar-refractivity contribution < 1.29 is 19.1 Å². The highest BCUT2D eigenvalue weighted by molar-refractivity contribution is 5.99. The molecular formula is C23H42O4. The molecule has 0 N–H and O–H groups in total. The van der Waals surface area contributed by atoms with E-state index in [1.165, 1.54) is 44.9 Å². The Kier molecular flexibility index (Phi) is 11.7. The van der Waals surface area contributed by atoms with Gasteiger partial charge in [-0.25, -0.2) is 0 Å². The molecule has 0 amide bonds. The molecule has 27 heavy (non-hydrogen) atoms. The zero-order valence-electron chi connectivity index (χ0n) is 18.2. The maximum Gasteiger partial charge on any atom is 0.323 e. The first-order chi connectivity index (χ1) is 12.9. The fourth-order valence-corrected chi connectivity index (χ4v) is 3.49. The molecule has 0 aromatic heterocycles. The van der Waals surface area contributed by atoms with Gasteiger partial charge in [-0.3, -0.25) is 9.59 Å². The molecule has 1 rings (SSSR count). The normalized spacial score (nSPS) is 20.3. The SMILES string of the molecule is CCCCCCCCCCCOC(=O)C(C)(C)C(=O)OC1CCC(C)CC1. The fraction of sp³-hybridized carbons (Fsp3) is 0.913. The van der Waals surface area contributed by atoms with Crippen molar-refractivity contribution in [3.63, 3.8) is 0 Å². The molecule has 0 saturated heterocycles. The second-order valence-electron chi connectivity index (χ2n) is 8.88. The van der Waals surface area contributed by atoms with E-state index < -0.39 is 17.4 Å². The third-order valence-corrected chi connectivity index (χ3v) is 5.74. The lowest BCUT2D eigenvalue weighted by Gasteiger charge is -2.29. The van der Waals surface area contributed by atoms with Crippen LogP contribution in [0, 0.1) is 11.3 Å². The van der Waals surface area contributed by atoms with Crippen molar-refractivity contribution >= 4 is 11.9 Å². The summed E-state index contributed by atoms with van der Waals surface area (Å²) in [4.78, 5) is 24.7. The largest absolute Gasteiger partial charge is 0.465 e. The Morgan fingerprint density at radius 1 is 0.815 bits per heavy atom. The van der Waals surface area contributed by atoms with E-state index in [0.29, 0.717) is 12.5 Å². The average molecular weight is 383 g/mol. The molecule has 0 unspecified atom stereocenters. The summed E-state index contributed by atoms with van der Waals surface area (Å²) in [7, 11) is 0. The van der Waals surface area contributed by atoms with Crippen LogP contribution in [-0.2, 0) is 19.1 Å². The van der Waals surface area contributed by atoms with E-state index >= 15 is 0 Å². The van der Waals surface area contributed by atoms with Gasteiger partial charge < -0.3 is 9.47 Å². The predicted molar refractivity (Wildman–Crippen MR) is 109 cm³/mol. The second kappa shape index (κ2) is 13.2. The lowest BCUT2D eigenvalue weighted by molar-refractivity contribution is -0.174. The summed E-state index contributed by atoms with van der Waals surface area (Å²) < 4.78 is 10.9. The molecule has 0 bridgehead atoms. The summed E-state index contributed by atoms with van der Waals surface area (Å²) in [5, 5.41) is 0. The molecule has 1 saturated carbocycles. The number of carbonyl (C=O) groups is 2. The number of ether oxygens (including phenoxy) is 2. The van der Waals surface area contributed by atoms with E-state index in [4.69, 9.17) is 9.47 Å². The number of hydrogen-bond acceptors (Lipinski definition) is 4. The quantitative estimate of drug-likeness (QED) is 0.216. The van der Waals surface area contributed by atoms with E-state index in [9.17, 15) is 9.59 Å². The van der Waals surface area contributed by atoms with Gasteiger partial charge in [0.15, 0.2) is 5.41 Å². The van der Waals surface area contributed by atoms with E-state index in [-0.39, 0.29) is 6.10 Å². The van der Waals surface area contributed by atoms with Crippen molar-refractivity contribution in [1.29, 1.82) is 0 Å². The minimum absolute atomic E-state index is 0.0434. The van der Waals surface area contributed by atoms with Crippen LogP contribution in [0.3, 0.4) is 0 Å². The average Bonchev–Trinajstić information content (AvgIpc) is 2.64. The second-order valence-corrected chi connectivity index (χ2v) is 8.88. The van der Waals surface area contributed by atoms with Gasteiger partial charge in [-0.1, -0.05) is 65.2 Å². The Labute approximate surface area is 166 Å². The molecule has 0 radical (unpaired) electrons. The molecule has 1 aliphatic rings. The first-order valence-corrected chi connectivity index (χ1v) is 11.3. The van der Waals surface area contributed by atoms with Gasteiger partial charge in [0, 0.05) is 0 Å². The van der Waals surface area contributed by atoms with Crippen LogP contribution in [0.15, 0.2) is 0 Å². The number of rotatable bonds is 13. The highest BCUT2D eigenvalue weighted by Gasteiger charge is 2.40. The van der Waals surface area contributed by atoms with Gasteiger partial charge in [-0.05, 0) is 51.9 Å². The van der Waals surface area contributed by atoms with Crippen LogP contribution in [-0.4, -0.2) is 24.6 Å². The third kappa shape index (κ3) is 9.62. The molecule has 0 aromatic rings. The molecular weight excluding hydrogens is 340 g/mol. The number of hydrogen-bond donors (Lipinski definition) is 0. The minimum atomic E-state index is -1.22. The van der Waals surface area contributed by atoms with Gasteiger partial charge in [-0.2, -0.15) is 0 Å². The van der Waals surface area contributed by atoms with Gasteiger partial charge in [0.05, 0.1) is 6.61 Å². The van der Waals surface area contributed by atoms with E-state index in [1.807, 2.05) is 0 Å². The van der Waals surface area contributed by atoms with Crippen LogP contribution in [0.25, 0.3) is 0 Å². The topological polar surface area (TPSA) is 52.6 Å². The zero-order valence-corrected chi connectivity index (χ0v) is 18.2. The van der Waals surface area contributed by atoms with Crippen molar-refractivity contribution in [2.45, 2.75) is 117 Å². The molecule has 0 aromatic carbocycles. The summed E-state index contributed by atoms with van der Waals surface area (Å²) in [5.41, 5.74) is -1.22. The minimum Gasteiger partial charge on any atom is -0.465 e. The molecule has 4 heteroatoms. The number of carbonyl (C=O) groups excluding carboxylic acids is 2. The first-order valence-electron chi connectivity index (χ1n) is 11.3. The van der Waals surface area contributed by atoms with Crippen LogP contribution in [0.2, 0.25) is 0 Å². The molecule has 4 nitrogen and oxygen atoms in total. The van der Waals surface area contributed by atoms with Gasteiger partial charge in [0.1, 0.15) is 6.10 Å². The Balaban J connectivity index is 2.14. The van der Waals surface area contributed by atoms with Crippen molar-refractivity contribution in [3.8, 4) is 0 Å².